The number of nitrogens with two attached hydrogens (primary N) is 1. The zero-order valence-electron chi connectivity index (χ0n) is 10.0. The van der Waals surface area contributed by atoms with Gasteiger partial charge in [0, 0.05) is 12.5 Å². The molecule has 1 aromatic carbocycles. The Morgan fingerprint density at radius 3 is 2.39 bits per heavy atom. The van der Waals surface area contributed by atoms with Crippen molar-refractivity contribution in [2.24, 2.45) is 5.73 Å². The SMILES string of the molecule is Cc1nc(C)c(-c2ccc(N(S)C(N)=O)cc2)o1. The van der Waals surface area contributed by atoms with Crippen LogP contribution in [0, 0.1) is 13.8 Å². The molecule has 0 unspecified atom stereocenters. The highest BCUT2D eigenvalue weighted by molar-refractivity contribution is 7.82. The first-order valence-corrected chi connectivity index (χ1v) is 5.72. The Bertz CT molecular complexity index is 578. The van der Waals surface area contributed by atoms with Crippen LogP contribution in [0.25, 0.3) is 11.3 Å². The van der Waals surface area contributed by atoms with Crippen LogP contribution in [0.15, 0.2) is 28.7 Å². The van der Waals surface area contributed by atoms with Gasteiger partial charge in [-0.05, 0) is 31.2 Å². The van der Waals surface area contributed by atoms with Crippen molar-refractivity contribution in [2.75, 3.05) is 4.31 Å². The number of nitrogens with zero attached hydrogens (tertiary/aromatic N) is 2. The molecule has 18 heavy (non-hydrogen) atoms. The maximum atomic E-state index is 11.0. The number of benzene rings is 1. The molecule has 1 aromatic heterocycles. The number of primary amides is 1. The summed E-state index contributed by atoms with van der Waals surface area (Å²) in [5, 5.41) is 0. The van der Waals surface area contributed by atoms with Gasteiger partial charge in [-0.25, -0.2) is 14.1 Å². The molecule has 5 nitrogen and oxygen atoms in total. The first-order chi connectivity index (χ1) is 8.49. The predicted molar refractivity (Wildman–Crippen MR) is 72.5 cm³/mol. The quantitative estimate of drug-likeness (QED) is 0.818. The molecule has 0 aliphatic rings. The smallest absolute Gasteiger partial charge is 0.329 e. The Morgan fingerprint density at radius 1 is 1.33 bits per heavy atom. The molecule has 2 N–H and O–H groups in total. The van der Waals surface area contributed by atoms with Gasteiger partial charge in [-0.1, -0.05) is 12.8 Å². The van der Waals surface area contributed by atoms with Gasteiger partial charge in [-0.2, -0.15) is 0 Å². The average molecular weight is 263 g/mol. The third-order valence-electron chi connectivity index (χ3n) is 2.49. The molecular weight excluding hydrogens is 250 g/mol. The van der Waals surface area contributed by atoms with Gasteiger partial charge in [0.05, 0.1) is 11.4 Å². The van der Waals surface area contributed by atoms with Crippen LogP contribution in [-0.4, -0.2) is 11.0 Å². The molecular formula is C12H13N3O2S. The van der Waals surface area contributed by atoms with Crippen molar-refractivity contribution >= 4 is 24.5 Å². The molecule has 0 bridgehead atoms. The number of urea groups is 1. The van der Waals surface area contributed by atoms with E-state index in [-0.39, 0.29) is 0 Å². The second kappa shape index (κ2) is 4.73. The van der Waals surface area contributed by atoms with Crippen LogP contribution >= 0.6 is 12.8 Å². The summed E-state index contributed by atoms with van der Waals surface area (Å²) in [7, 11) is 0. The number of hydrogen-bond donors (Lipinski definition) is 2. The van der Waals surface area contributed by atoms with Crippen LogP contribution in [0.5, 0.6) is 0 Å². The number of rotatable bonds is 2. The highest BCUT2D eigenvalue weighted by Gasteiger charge is 2.11. The van der Waals surface area contributed by atoms with Crippen molar-refractivity contribution in [3.63, 3.8) is 0 Å². The number of oxazole rings is 1. The minimum atomic E-state index is -0.627. The number of aromatic nitrogens is 1. The van der Waals surface area contributed by atoms with Crippen LogP contribution in [0.2, 0.25) is 0 Å². The molecule has 0 fully saturated rings. The zero-order valence-corrected chi connectivity index (χ0v) is 10.9. The lowest BCUT2D eigenvalue weighted by Crippen LogP contribution is -2.27. The second-order valence-corrected chi connectivity index (χ2v) is 4.24. The Hall–Kier alpha value is -1.95. The van der Waals surface area contributed by atoms with E-state index in [2.05, 4.69) is 17.8 Å². The molecule has 0 atom stereocenters. The number of hydrogen-bond acceptors (Lipinski definition) is 4. The largest absolute Gasteiger partial charge is 0.441 e. The topological polar surface area (TPSA) is 72.4 Å². The molecule has 0 aliphatic heterocycles. The second-order valence-electron chi connectivity index (χ2n) is 3.84. The third-order valence-corrected chi connectivity index (χ3v) is 2.91. The molecule has 0 spiro atoms. The summed E-state index contributed by atoms with van der Waals surface area (Å²) in [6.45, 7) is 3.68. The first-order valence-electron chi connectivity index (χ1n) is 5.32. The fourth-order valence-corrected chi connectivity index (χ4v) is 1.81. The summed E-state index contributed by atoms with van der Waals surface area (Å²) in [6.07, 6.45) is 0. The van der Waals surface area contributed by atoms with Crippen molar-refractivity contribution in [1.82, 2.24) is 4.98 Å². The van der Waals surface area contributed by atoms with Crippen LogP contribution in [0.1, 0.15) is 11.6 Å². The van der Waals surface area contributed by atoms with Crippen molar-refractivity contribution in [3.05, 3.63) is 35.9 Å². The summed E-state index contributed by atoms with van der Waals surface area (Å²) in [4.78, 5) is 15.2. The molecule has 6 heteroatoms. The molecule has 0 saturated carbocycles. The third kappa shape index (κ3) is 2.33. The molecule has 1 heterocycles. The fraction of sp³-hybridized carbons (Fsp3) is 0.167. The van der Waals surface area contributed by atoms with E-state index in [0.29, 0.717) is 11.6 Å². The summed E-state index contributed by atoms with van der Waals surface area (Å²) in [6, 6.07) is 6.51. The van der Waals surface area contributed by atoms with Gasteiger partial charge < -0.3 is 10.2 Å². The van der Waals surface area contributed by atoms with Crippen LogP contribution in [0.3, 0.4) is 0 Å². The van der Waals surface area contributed by atoms with Gasteiger partial charge in [0.15, 0.2) is 11.7 Å². The summed E-state index contributed by atoms with van der Waals surface area (Å²) in [5.74, 6) is 1.35. The number of carbonyl (C=O) groups excluding carboxylic acids is 1. The first kappa shape index (κ1) is 12.5. The Kier molecular flexibility index (Phi) is 3.29. The van der Waals surface area contributed by atoms with E-state index in [1.165, 1.54) is 0 Å². The van der Waals surface area contributed by atoms with Crippen LogP contribution in [-0.2, 0) is 0 Å². The Morgan fingerprint density at radius 2 is 1.94 bits per heavy atom. The van der Waals surface area contributed by atoms with E-state index in [9.17, 15) is 4.79 Å². The van der Waals surface area contributed by atoms with Gasteiger partial charge in [-0.15, -0.1) is 0 Å². The van der Waals surface area contributed by atoms with Gasteiger partial charge in [-0.3, -0.25) is 0 Å². The number of aryl methyl sites for hydroxylation is 2. The lowest BCUT2D eigenvalue weighted by molar-refractivity contribution is 0.257. The minimum Gasteiger partial charge on any atom is -0.441 e. The van der Waals surface area contributed by atoms with Crippen molar-refractivity contribution in [1.29, 1.82) is 0 Å². The van der Waals surface area contributed by atoms with E-state index in [4.69, 9.17) is 10.2 Å². The number of amides is 2. The van der Waals surface area contributed by atoms with Crippen molar-refractivity contribution < 1.29 is 9.21 Å². The molecule has 2 amide bonds. The number of carbonyl (C=O) groups is 1. The minimum absolute atomic E-state index is 0.600. The van der Waals surface area contributed by atoms with Crippen molar-refractivity contribution in [2.45, 2.75) is 13.8 Å². The van der Waals surface area contributed by atoms with Gasteiger partial charge in [0.1, 0.15) is 0 Å². The van der Waals surface area contributed by atoms with E-state index in [1.807, 2.05) is 19.1 Å². The van der Waals surface area contributed by atoms with E-state index in [1.54, 1.807) is 19.1 Å². The lowest BCUT2D eigenvalue weighted by atomic mass is 10.1. The zero-order chi connectivity index (χ0) is 13.3. The normalized spacial score (nSPS) is 10.4. The van der Waals surface area contributed by atoms with Gasteiger partial charge in [0.25, 0.3) is 0 Å². The summed E-state index contributed by atoms with van der Waals surface area (Å²) >= 11 is 3.98. The fourth-order valence-electron chi connectivity index (χ4n) is 1.68. The predicted octanol–water partition coefficient (Wildman–Crippen LogP) is 2.69. The monoisotopic (exact) mass is 263 g/mol. The number of anilines is 1. The Labute approximate surface area is 110 Å². The standard InChI is InChI=1S/C12H13N3O2S/c1-7-11(17-8(2)14-7)9-3-5-10(6-4-9)15(18)12(13)16/h3-6,18H,1-2H3,(H2,13,16). The van der Waals surface area contributed by atoms with E-state index < -0.39 is 6.03 Å². The molecule has 0 radical (unpaired) electrons. The Balaban J connectivity index is 2.33. The van der Waals surface area contributed by atoms with E-state index in [0.717, 1.165) is 21.3 Å². The molecule has 2 aromatic rings. The average Bonchev–Trinajstić information content (AvgIpc) is 2.67. The maximum Gasteiger partial charge on any atom is 0.329 e. The number of thiol groups is 1. The highest BCUT2D eigenvalue weighted by atomic mass is 32.1. The molecule has 94 valence electrons. The van der Waals surface area contributed by atoms with Gasteiger partial charge >= 0.3 is 6.03 Å². The van der Waals surface area contributed by atoms with Crippen molar-refractivity contribution in [3.8, 4) is 11.3 Å². The highest BCUT2D eigenvalue weighted by Crippen LogP contribution is 2.27. The lowest BCUT2D eigenvalue weighted by Gasteiger charge is -2.12. The molecule has 0 saturated heterocycles. The summed E-state index contributed by atoms with van der Waals surface area (Å²) < 4.78 is 6.58. The maximum absolute atomic E-state index is 11.0. The van der Waals surface area contributed by atoms with Gasteiger partial charge in [0.2, 0.25) is 0 Å². The summed E-state index contributed by atoms with van der Waals surface area (Å²) in [5.41, 5.74) is 7.45. The molecule has 0 aliphatic carbocycles. The van der Waals surface area contributed by atoms with E-state index >= 15 is 0 Å². The van der Waals surface area contributed by atoms with Crippen LogP contribution < -0.4 is 10.0 Å². The molecule has 2 rings (SSSR count). The van der Waals surface area contributed by atoms with Crippen LogP contribution in [0.4, 0.5) is 10.5 Å².